The Morgan fingerprint density at radius 2 is 1.49 bits per heavy atom. The number of rotatable bonds is 12. The minimum absolute atomic E-state index is 0.169. The number of hydrogen-bond donors (Lipinski definition) is 3. The number of ether oxygens (including phenoxy) is 4. The number of carbonyl (C=O) groups excluding carboxylic acids is 2. The number of aryl methyl sites for hydroxylation is 1. The lowest BCUT2D eigenvalue weighted by atomic mass is 9.89. The Kier molecular flexibility index (Phi) is 9.26. The molecule has 0 radical (unpaired) electrons. The smallest absolute Gasteiger partial charge is 0.242 e. The Hall–Kier alpha value is -5.25. The first-order valence-electron chi connectivity index (χ1n) is 13.9. The van der Waals surface area contributed by atoms with Crippen LogP contribution in [0.5, 0.6) is 23.0 Å². The summed E-state index contributed by atoms with van der Waals surface area (Å²) in [5, 5.41) is 6.00. The summed E-state index contributed by atoms with van der Waals surface area (Å²) < 4.78 is 21.5. The number of carbonyl (C=O) groups is 2. The highest BCUT2D eigenvalue weighted by Gasteiger charge is 2.28. The molecule has 1 aliphatic heterocycles. The van der Waals surface area contributed by atoms with Gasteiger partial charge in [-0.05, 0) is 83.6 Å². The molecule has 10 heteroatoms. The maximum Gasteiger partial charge on any atom is 0.242 e. The number of nitrogens with two attached hydrogens (primary N) is 1. The van der Waals surface area contributed by atoms with Crippen molar-refractivity contribution in [3.8, 4) is 23.0 Å². The maximum absolute atomic E-state index is 14.0. The number of nitrogens with one attached hydrogen (secondary N) is 2. The van der Waals surface area contributed by atoms with Crippen molar-refractivity contribution in [2.45, 2.75) is 31.3 Å². The lowest BCUT2D eigenvalue weighted by Crippen LogP contribution is -2.48. The number of aromatic nitrogens is 1. The molecule has 3 aromatic carbocycles. The van der Waals surface area contributed by atoms with Gasteiger partial charge in [0.05, 0.1) is 20.1 Å². The Morgan fingerprint density at radius 1 is 0.837 bits per heavy atom. The third kappa shape index (κ3) is 7.34. The maximum atomic E-state index is 14.0. The molecule has 10 nitrogen and oxygen atoms in total. The lowest BCUT2D eigenvalue weighted by molar-refractivity contribution is -0.129. The van der Waals surface area contributed by atoms with Crippen molar-refractivity contribution in [2.75, 3.05) is 26.7 Å². The first-order chi connectivity index (χ1) is 20.9. The number of benzene rings is 3. The van der Waals surface area contributed by atoms with E-state index in [1.165, 1.54) is 0 Å². The minimum atomic E-state index is -0.824. The highest BCUT2D eigenvalue weighted by atomic mass is 16.7. The van der Waals surface area contributed by atoms with E-state index in [1.807, 2.05) is 72.8 Å². The number of hydrogen-bond acceptors (Lipinski definition) is 8. The molecule has 4 N–H and O–H groups in total. The predicted molar refractivity (Wildman–Crippen MR) is 161 cm³/mol. The molecule has 0 bridgehead atoms. The summed E-state index contributed by atoms with van der Waals surface area (Å²) in [6, 6.07) is 22.9. The van der Waals surface area contributed by atoms with Crippen LogP contribution in [-0.2, 0) is 22.6 Å². The zero-order valence-corrected chi connectivity index (χ0v) is 24.0. The molecule has 1 atom stereocenters. The molecule has 0 spiro atoms. The first kappa shape index (κ1) is 29.2. The van der Waals surface area contributed by atoms with Gasteiger partial charge >= 0.3 is 0 Å². The standard InChI is InChI=1S/C33H34N4O6/c1-40-25-9-5-23(6-10-25)31(24-7-11-26(41-2)12-8-24)33(39)37-27(13-3-21-15-16-35-30(34)18-21)32(38)36-19-22-4-14-28-29(17-22)43-20-42-28/h4-12,14-18,27,31H,3,13,19-20H2,1-2H3,(H2,34,35)(H,36,38)(H,37,39). The van der Waals surface area contributed by atoms with E-state index < -0.39 is 12.0 Å². The van der Waals surface area contributed by atoms with Crippen LogP contribution in [-0.4, -0.2) is 43.9 Å². The van der Waals surface area contributed by atoms with E-state index in [0.717, 1.165) is 22.3 Å². The Bertz CT molecular complexity index is 1510. The van der Waals surface area contributed by atoms with E-state index in [2.05, 4.69) is 15.6 Å². The molecule has 43 heavy (non-hydrogen) atoms. The third-order valence-corrected chi connectivity index (χ3v) is 7.26. The normalized spacial score (nSPS) is 12.4. The fourth-order valence-electron chi connectivity index (χ4n) is 4.94. The van der Waals surface area contributed by atoms with Crippen LogP contribution in [0, 0.1) is 0 Å². The van der Waals surface area contributed by atoms with Crippen LogP contribution >= 0.6 is 0 Å². The van der Waals surface area contributed by atoms with Gasteiger partial charge in [0.2, 0.25) is 18.6 Å². The van der Waals surface area contributed by atoms with Gasteiger partial charge in [0.15, 0.2) is 11.5 Å². The molecule has 0 fully saturated rings. The van der Waals surface area contributed by atoms with E-state index >= 15 is 0 Å². The van der Waals surface area contributed by atoms with Gasteiger partial charge < -0.3 is 35.3 Å². The number of nitrogen functional groups attached to an aromatic ring is 1. The highest BCUT2D eigenvalue weighted by Crippen LogP contribution is 2.32. The molecule has 1 aromatic heterocycles. The molecule has 0 saturated carbocycles. The van der Waals surface area contributed by atoms with E-state index in [-0.39, 0.29) is 25.2 Å². The summed E-state index contributed by atoms with van der Waals surface area (Å²) in [6.07, 6.45) is 2.48. The summed E-state index contributed by atoms with van der Waals surface area (Å²) in [7, 11) is 3.18. The molecule has 2 heterocycles. The van der Waals surface area contributed by atoms with Crippen LogP contribution in [0.3, 0.4) is 0 Å². The molecule has 222 valence electrons. The fourth-order valence-corrected chi connectivity index (χ4v) is 4.94. The number of amides is 2. The number of nitrogens with zero attached hydrogens (tertiary/aromatic N) is 1. The number of pyridine rings is 1. The van der Waals surface area contributed by atoms with Gasteiger partial charge in [-0.1, -0.05) is 30.3 Å². The largest absolute Gasteiger partial charge is 0.497 e. The van der Waals surface area contributed by atoms with Gasteiger partial charge in [-0.25, -0.2) is 4.98 Å². The van der Waals surface area contributed by atoms with Crippen molar-refractivity contribution in [1.82, 2.24) is 15.6 Å². The van der Waals surface area contributed by atoms with Crippen LogP contribution in [0.1, 0.15) is 34.6 Å². The lowest BCUT2D eigenvalue weighted by Gasteiger charge is -2.23. The van der Waals surface area contributed by atoms with Crippen LogP contribution in [0.25, 0.3) is 0 Å². The van der Waals surface area contributed by atoms with Crippen molar-refractivity contribution >= 4 is 17.6 Å². The number of fused-ring (bicyclic) bond motifs is 1. The van der Waals surface area contributed by atoms with Gasteiger partial charge in [-0.3, -0.25) is 9.59 Å². The summed E-state index contributed by atoms with van der Waals surface area (Å²) in [6.45, 7) is 0.423. The molecule has 0 aliphatic carbocycles. The summed E-state index contributed by atoms with van der Waals surface area (Å²) in [4.78, 5) is 31.7. The fraction of sp³-hybridized carbons (Fsp3) is 0.242. The molecule has 4 aromatic rings. The average Bonchev–Trinajstić information content (AvgIpc) is 3.51. The first-order valence-corrected chi connectivity index (χ1v) is 13.9. The Morgan fingerprint density at radius 3 is 2.12 bits per heavy atom. The van der Waals surface area contributed by atoms with Crippen LogP contribution in [0.4, 0.5) is 5.82 Å². The van der Waals surface area contributed by atoms with Gasteiger partial charge in [0.1, 0.15) is 23.4 Å². The second kappa shape index (κ2) is 13.6. The van der Waals surface area contributed by atoms with Crippen molar-refractivity contribution < 1.29 is 28.5 Å². The van der Waals surface area contributed by atoms with Gasteiger partial charge in [0.25, 0.3) is 0 Å². The molecule has 2 amide bonds. The predicted octanol–water partition coefficient (Wildman–Crippen LogP) is 3.98. The highest BCUT2D eigenvalue weighted by molar-refractivity contribution is 5.92. The van der Waals surface area contributed by atoms with E-state index in [0.29, 0.717) is 41.7 Å². The molecular formula is C33H34N4O6. The van der Waals surface area contributed by atoms with Crippen molar-refractivity contribution in [3.05, 3.63) is 107 Å². The minimum Gasteiger partial charge on any atom is -0.497 e. The van der Waals surface area contributed by atoms with Crippen LogP contribution in [0.15, 0.2) is 85.1 Å². The van der Waals surface area contributed by atoms with Crippen molar-refractivity contribution in [3.63, 3.8) is 0 Å². The van der Waals surface area contributed by atoms with Crippen LogP contribution < -0.4 is 35.3 Å². The summed E-state index contributed by atoms with van der Waals surface area (Å²) >= 11 is 0. The topological polar surface area (TPSA) is 134 Å². The quantitative estimate of drug-likeness (QED) is 0.229. The Balaban J connectivity index is 1.38. The van der Waals surface area contributed by atoms with Crippen LogP contribution in [0.2, 0.25) is 0 Å². The summed E-state index contributed by atoms with van der Waals surface area (Å²) in [5.74, 6) is 1.74. The summed E-state index contributed by atoms with van der Waals surface area (Å²) in [5.41, 5.74) is 9.14. The SMILES string of the molecule is COc1ccc(C(C(=O)NC(CCc2ccnc(N)c2)C(=O)NCc2ccc3c(c2)OCO3)c2ccc(OC)cc2)cc1. The zero-order chi connectivity index (χ0) is 30.2. The zero-order valence-electron chi connectivity index (χ0n) is 24.0. The molecule has 0 saturated heterocycles. The van der Waals surface area contributed by atoms with E-state index in [9.17, 15) is 9.59 Å². The average molecular weight is 583 g/mol. The molecule has 1 aliphatic rings. The number of methoxy groups -OCH3 is 2. The second-order valence-corrected chi connectivity index (χ2v) is 10.1. The second-order valence-electron chi connectivity index (χ2n) is 10.1. The Labute approximate surface area is 250 Å². The van der Waals surface area contributed by atoms with Crippen molar-refractivity contribution in [1.29, 1.82) is 0 Å². The monoisotopic (exact) mass is 582 g/mol. The molecule has 1 unspecified atom stereocenters. The van der Waals surface area contributed by atoms with Gasteiger partial charge in [-0.15, -0.1) is 0 Å². The van der Waals surface area contributed by atoms with Gasteiger partial charge in [-0.2, -0.15) is 0 Å². The third-order valence-electron chi connectivity index (χ3n) is 7.26. The number of anilines is 1. The van der Waals surface area contributed by atoms with E-state index in [4.69, 9.17) is 24.7 Å². The molecular weight excluding hydrogens is 548 g/mol. The molecule has 5 rings (SSSR count). The van der Waals surface area contributed by atoms with Crippen molar-refractivity contribution in [2.24, 2.45) is 0 Å². The van der Waals surface area contributed by atoms with Gasteiger partial charge in [0, 0.05) is 12.7 Å². The van der Waals surface area contributed by atoms with E-state index in [1.54, 1.807) is 26.5 Å².